The first kappa shape index (κ1) is 11.8. The van der Waals surface area contributed by atoms with Crippen LogP contribution in [0.5, 0.6) is 0 Å². The van der Waals surface area contributed by atoms with Crippen LogP contribution in [0.4, 0.5) is 4.39 Å². The third-order valence-electron chi connectivity index (χ3n) is 2.89. The molecule has 0 aliphatic rings. The van der Waals surface area contributed by atoms with Gasteiger partial charge in [0.15, 0.2) is 5.65 Å². The first-order valence-corrected chi connectivity index (χ1v) is 5.99. The van der Waals surface area contributed by atoms with Crippen LogP contribution < -0.4 is 0 Å². The molecule has 4 nitrogen and oxygen atoms in total. The molecule has 19 heavy (non-hydrogen) atoms. The number of aliphatic hydroxyl groups excluding tert-OH is 1. The van der Waals surface area contributed by atoms with Gasteiger partial charge in [-0.25, -0.2) is 13.9 Å². The number of halogens is 1. The van der Waals surface area contributed by atoms with E-state index in [-0.39, 0.29) is 12.4 Å². The Kier molecular flexibility index (Phi) is 2.97. The Labute approximate surface area is 109 Å². The number of benzene rings is 1. The molecule has 0 saturated carbocycles. The van der Waals surface area contributed by atoms with Gasteiger partial charge in [0, 0.05) is 18.6 Å². The molecule has 0 aliphatic carbocycles. The molecule has 0 atom stereocenters. The molecule has 0 fully saturated rings. The summed E-state index contributed by atoms with van der Waals surface area (Å²) in [6.07, 6.45) is 2.23. The zero-order valence-corrected chi connectivity index (χ0v) is 10.1. The van der Waals surface area contributed by atoms with Crippen molar-refractivity contribution < 1.29 is 9.50 Å². The predicted molar refractivity (Wildman–Crippen MR) is 69.2 cm³/mol. The number of rotatable bonds is 3. The van der Waals surface area contributed by atoms with Gasteiger partial charge in [-0.1, -0.05) is 12.1 Å². The molecule has 0 spiro atoms. The van der Waals surface area contributed by atoms with Gasteiger partial charge in [-0.15, -0.1) is 0 Å². The summed E-state index contributed by atoms with van der Waals surface area (Å²) in [7, 11) is 0. The molecule has 2 heterocycles. The van der Waals surface area contributed by atoms with Gasteiger partial charge in [-0.3, -0.25) is 0 Å². The van der Waals surface area contributed by atoms with Gasteiger partial charge in [0.2, 0.25) is 0 Å². The summed E-state index contributed by atoms with van der Waals surface area (Å²) in [5.41, 5.74) is 2.46. The first-order valence-electron chi connectivity index (χ1n) is 5.99. The molecule has 96 valence electrons. The van der Waals surface area contributed by atoms with E-state index >= 15 is 0 Å². The first-order chi connectivity index (χ1) is 9.28. The Balaban J connectivity index is 2.08. The number of hydrogen-bond acceptors (Lipinski definition) is 3. The number of hydrogen-bond donors (Lipinski definition) is 1. The minimum Gasteiger partial charge on any atom is -0.396 e. The Morgan fingerprint density at radius 3 is 2.79 bits per heavy atom. The van der Waals surface area contributed by atoms with Gasteiger partial charge in [-0.2, -0.15) is 5.10 Å². The second-order valence-corrected chi connectivity index (χ2v) is 4.21. The van der Waals surface area contributed by atoms with Crippen LogP contribution in [0.25, 0.3) is 16.9 Å². The molecule has 5 heteroatoms. The van der Waals surface area contributed by atoms with Crippen LogP contribution in [-0.2, 0) is 6.42 Å². The van der Waals surface area contributed by atoms with Crippen molar-refractivity contribution in [1.82, 2.24) is 14.6 Å². The molecule has 2 aromatic heterocycles. The second kappa shape index (κ2) is 4.78. The molecule has 1 N–H and O–H groups in total. The van der Waals surface area contributed by atoms with E-state index in [1.54, 1.807) is 41.0 Å². The van der Waals surface area contributed by atoms with Crippen LogP contribution in [0.1, 0.15) is 5.69 Å². The van der Waals surface area contributed by atoms with E-state index in [2.05, 4.69) is 10.1 Å². The zero-order chi connectivity index (χ0) is 13.2. The van der Waals surface area contributed by atoms with E-state index in [0.717, 1.165) is 5.69 Å². The standard InChI is InChI=1S/C14H12FN3O/c15-12-4-2-1-3-11(12)13-5-6-14-16-10(7-8-19)9-18(14)17-13/h1-6,9,19H,7-8H2. The van der Waals surface area contributed by atoms with E-state index < -0.39 is 0 Å². The lowest BCUT2D eigenvalue weighted by atomic mass is 10.1. The van der Waals surface area contributed by atoms with Crippen molar-refractivity contribution in [3.05, 3.63) is 54.1 Å². The quantitative estimate of drug-likeness (QED) is 0.781. The summed E-state index contributed by atoms with van der Waals surface area (Å²) in [5.74, 6) is -0.301. The van der Waals surface area contributed by atoms with E-state index in [1.165, 1.54) is 6.07 Å². The number of fused-ring (bicyclic) bond motifs is 1. The van der Waals surface area contributed by atoms with Crippen molar-refractivity contribution in [1.29, 1.82) is 0 Å². The van der Waals surface area contributed by atoms with Crippen LogP contribution in [0.2, 0.25) is 0 Å². The van der Waals surface area contributed by atoms with Gasteiger partial charge in [0.25, 0.3) is 0 Å². The van der Waals surface area contributed by atoms with Gasteiger partial charge in [0.05, 0.1) is 17.6 Å². The van der Waals surface area contributed by atoms with Gasteiger partial charge in [-0.05, 0) is 24.3 Å². The number of nitrogens with zero attached hydrogens (tertiary/aromatic N) is 3. The highest BCUT2D eigenvalue weighted by Crippen LogP contribution is 2.20. The summed E-state index contributed by atoms with van der Waals surface area (Å²) in [6.45, 7) is 0.0457. The fourth-order valence-corrected chi connectivity index (χ4v) is 1.98. The van der Waals surface area contributed by atoms with Crippen molar-refractivity contribution in [3.63, 3.8) is 0 Å². The van der Waals surface area contributed by atoms with E-state index in [0.29, 0.717) is 23.3 Å². The van der Waals surface area contributed by atoms with Crippen molar-refractivity contribution in [3.8, 4) is 11.3 Å². The summed E-state index contributed by atoms with van der Waals surface area (Å²) < 4.78 is 15.3. The maximum Gasteiger partial charge on any atom is 0.153 e. The molecule has 0 radical (unpaired) electrons. The molecule has 0 saturated heterocycles. The summed E-state index contributed by atoms with van der Waals surface area (Å²) >= 11 is 0. The lowest BCUT2D eigenvalue weighted by Gasteiger charge is -2.02. The van der Waals surface area contributed by atoms with Crippen LogP contribution in [0.3, 0.4) is 0 Å². The lowest BCUT2D eigenvalue weighted by molar-refractivity contribution is 0.298. The smallest absolute Gasteiger partial charge is 0.153 e. The molecule has 3 aromatic rings. The maximum atomic E-state index is 13.7. The highest BCUT2D eigenvalue weighted by molar-refractivity contribution is 5.60. The predicted octanol–water partition coefficient (Wildman–Crippen LogP) is 2.07. The van der Waals surface area contributed by atoms with Crippen molar-refractivity contribution in [2.45, 2.75) is 6.42 Å². The fraction of sp³-hybridized carbons (Fsp3) is 0.143. The average Bonchev–Trinajstić information content (AvgIpc) is 2.81. The number of imidazole rings is 1. The van der Waals surface area contributed by atoms with E-state index in [1.807, 2.05) is 0 Å². The third kappa shape index (κ3) is 2.20. The molecule has 3 rings (SSSR count). The van der Waals surface area contributed by atoms with Gasteiger partial charge < -0.3 is 5.11 Å². The van der Waals surface area contributed by atoms with Crippen LogP contribution in [-0.4, -0.2) is 26.3 Å². The van der Waals surface area contributed by atoms with Crippen LogP contribution in [0, 0.1) is 5.82 Å². The monoisotopic (exact) mass is 257 g/mol. The van der Waals surface area contributed by atoms with Gasteiger partial charge >= 0.3 is 0 Å². The molecular formula is C14H12FN3O. The van der Waals surface area contributed by atoms with Crippen molar-refractivity contribution in [2.75, 3.05) is 6.61 Å². The molecular weight excluding hydrogens is 245 g/mol. The topological polar surface area (TPSA) is 50.4 Å². The van der Waals surface area contributed by atoms with E-state index in [4.69, 9.17) is 5.11 Å². The largest absolute Gasteiger partial charge is 0.396 e. The molecule has 1 aromatic carbocycles. The Bertz CT molecular complexity index is 724. The SMILES string of the molecule is OCCc1cn2nc(-c3ccccc3F)ccc2n1. The lowest BCUT2D eigenvalue weighted by Crippen LogP contribution is -1.94. The highest BCUT2D eigenvalue weighted by Gasteiger charge is 2.08. The summed E-state index contributed by atoms with van der Waals surface area (Å²) in [5, 5.41) is 13.2. The van der Waals surface area contributed by atoms with Crippen molar-refractivity contribution >= 4 is 5.65 Å². The molecule has 0 amide bonds. The Hall–Kier alpha value is -2.27. The highest BCUT2D eigenvalue weighted by atomic mass is 19.1. The third-order valence-corrected chi connectivity index (χ3v) is 2.89. The number of aliphatic hydroxyl groups is 1. The minimum absolute atomic E-state index is 0.0457. The summed E-state index contributed by atoms with van der Waals surface area (Å²) in [4.78, 5) is 4.31. The zero-order valence-electron chi connectivity index (χ0n) is 10.1. The van der Waals surface area contributed by atoms with Crippen LogP contribution >= 0.6 is 0 Å². The summed E-state index contributed by atoms with van der Waals surface area (Å²) in [6, 6.07) is 10.0. The Morgan fingerprint density at radius 1 is 1.16 bits per heavy atom. The van der Waals surface area contributed by atoms with Crippen molar-refractivity contribution in [2.24, 2.45) is 0 Å². The number of aromatic nitrogens is 3. The molecule has 0 aliphatic heterocycles. The van der Waals surface area contributed by atoms with Gasteiger partial charge in [0.1, 0.15) is 5.82 Å². The molecule has 0 bridgehead atoms. The second-order valence-electron chi connectivity index (χ2n) is 4.21. The average molecular weight is 257 g/mol. The van der Waals surface area contributed by atoms with E-state index in [9.17, 15) is 4.39 Å². The molecule has 0 unspecified atom stereocenters. The fourth-order valence-electron chi connectivity index (χ4n) is 1.98. The minimum atomic E-state index is -0.301. The Morgan fingerprint density at radius 2 is 2.00 bits per heavy atom. The van der Waals surface area contributed by atoms with Crippen LogP contribution in [0.15, 0.2) is 42.6 Å². The maximum absolute atomic E-state index is 13.7. The normalized spacial score (nSPS) is 11.1.